The van der Waals surface area contributed by atoms with Crippen molar-refractivity contribution in [1.29, 1.82) is 0 Å². The fraction of sp³-hybridized carbons (Fsp3) is 0.143. The van der Waals surface area contributed by atoms with Gasteiger partial charge in [-0.25, -0.2) is 14.4 Å². The number of carbonyl (C=O) groups excluding carboxylic acids is 3. The predicted molar refractivity (Wildman–Crippen MR) is 110 cm³/mol. The van der Waals surface area contributed by atoms with Crippen LogP contribution in [-0.2, 0) is 19.1 Å². The number of hydrogen-bond acceptors (Lipinski definition) is 8. The van der Waals surface area contributed by atoms with Crippen LogP contribution in [0.15, 0.2) is 48.2 Å². The lowest BCUT2D eigenvalue weighted by molar-refractivity contribution is -0.138. The van der Waals surface area contributed by atoms with Crippen LogP contribution < -0.4 is 10.6 Å². The first-order valence-corrected chi connectivity index (χ1v) is 8.79. The highest BCUT2D eigenvalue weighted by Gasteiger charge is 2.16. The Hall–Kier alpha value is -4.34. The first-order valence-electron chi connectivity index (χ1n) is 8.79. The smallest absolute Gasteiger partial charge is 0.354 e. The second-order valence-corrected chi connectivity index (χ2v) is 6.22. The summed E-state index contributed by atoms with van der Waals surface area (Å²) in [5.41, 5.74) is 0.801. The van der Waals surface area contributed by atoms with Crippen LogP contribution in [0.4, 0.5) is 11.4 Å². The number of carboxylic acids is 1. The van der Waals surface area contributed by atoms with Gasteiger partial charge in [-0.15, -0.1) is 0 Å². The van der Waals surface area contributed by atoms with Crippen LogP contribution in [0.1, 0.15) is 26.3 Å². The second kappa shape index (κ2) is 9.92. The maximum Gasteiger partial charge on any atom is 0.354 e. The van der Waals surface area contributed by atoms with E-state index in [0.29, 0.717) is 11.3 Å². The van der Waals surface area contributed by atoms with Crippen molar-refractivity contribution in [2.45, 2.75) is 6.92 Å². The van der Waals surface area contributed by atoms with E-state index in [2.05, 4.69) is 20.1 Å². The number of rotatable bonds is 7. The first-order chi connectivity index (χ1) is 14.7. The minimum absolute atomic E-state index is 0.163. The molecule has 10 heteroatoms. The Labute approximate surface area is 177 Å². The number of carbonyl (C=O) groups is 4. The largest absolute Gasteiger partial charge is 0.507 e. The van der Waals surface area contributed by atoms with Crippen LogP contribution >= 0.6 is 0 Å². The van der Waals surface area contributed by atoms with Gasteiger partial charge in [0.25, 0.3) is 5.91 Å². The number of aromatic carboxylic acids is 1. The van der Waals surface area contributed by atoms with Crippen molar-refractivity contribution < 1.29 is 38.9 Å². The van der Waals surface area contributed by atoms with E-state index in [4.69, 9.17) is 5.11 Å². The van der Waals surface area contributed by atoms with E-state index in [9.17, 15) is 24.3 Å². The zero-order valence-corrected chi connectivity index (χ0v) is 16.9. The molecule has 2 aromatic rings. The maximum absolute atomic E-state index is 12.6. The summed E-state index contributed by atoms with van der Waals surface area (Å²) in [4.78, 5) is 47.2. The van der Waals surface area contributed by atoms with E-state index in [1.807, 2.05) is 0 Å². The first kappa shape index (κ1) is 22.9. The summed E-state index contributed by atoms with van der Waals surface area (Å²) in [6.07, 6.45) is 0.919. The highest BCUT2D eigenvalue weighted by atomic mass is 16.5. The monoisotopic (exact) mass is 428 g/mol. The minimum atomic E-state index is -1.34. The standard InChI is InChI=1S/C21H20N2O8/c1-11-4-5-12(8-15(11)23-16(21(29)31-3)10-18(25)30-2)19(26)22-13-6-7-17(24)14(9-13)20(27)28/h4-10,23-24H,1-3H3,(H,22,26)(H,27,28)/b16-10+. The number of benzene rings is 2. The molecule has 0 aliphatic heterocycles. The number of anilines is 2. The Bertz CT molecular complexity index is 1080. The number of amides is 1. The van der Waals surface area contributed by atoms with Crippen molar-refractivity contribution in [2.24, 2.45) is 0 Å². The lowest BCUT2D eigenvalue weighted by Crippen LogP contribution is -2.17. The lowest BCUT2D eigenvalue weighted by Gasteiger charge is -2.13. The molecule has 2 rings (SSSR count). The van der Waals surface area contributed by atoms with Crippen LogP contribution in [0.5, 0.6) is 5.75 Å². The molecule has 0 aliphatic carbocycles. The van der Waals surface area contributed by atoms with Crippen molar-refractivity contribution >= 4 is 35.2 Å². The van der Waals surface area contributed by atoms with E-state index >= 15 is 0 Å². The molecule has 0 saturated heterocycles. The molecular weight excluding hydrogens is 408 g/mol. The molecule has 0 radical (unpaired) electrons. The number of aryl methyl sites for hydroxylation is 1. The number of ether oxygens (including phenoxy) is 2. The van der Waals surface area contributed by atoms with Gasteiger partial charge in [0.1, 0.15) is 17.0 Å². The normalized spacial score (nSPS) is 10.7. The zero-order chi connectivity index (χ0) is 23.1. The van der Waals surface area contributed by atoms with Gasteiger partial charge in [-0.3, -0.25) is 4.79 Å². The second-order valence-electron chi connectivity index (χ2n) is 6.22. The Kier molecular flexibility index (Phi) is 7.34. The summed E-state index contributed by atoms with van der Waals surface area (Å²) in [5, 5.41) is 23.9. The molecule has 1 amide bonds. The molecule has 2 aromatic carbocycles. The average Bonchev–Trinajstić information content (AvgIpc) is 2.74. The number of esters is 2. The van der Waals surface area contributed by atoms with Gasteiger partial charge in [-0.1, -0.05) is 6.07 Å². The van der Waals surface area contributed by atoms with Crippen molar-refractivity contribution in [3.63, 3.8) is 0 Å². The Balaban J connectivity index is 2.31. The molecule has 10 nitrogen and oxygen atoms in total. The molecule has 0 atom stereocenters. The van der Waals surface area contributed by atoms with E-state index in [1.165, 1.54) is 18.2 Å². The van der Waals surface area contributed by atoms with Gasteiger partial charge in [0.2, 0.25) is 0 Å². The Morgan fingerprint density at radius 1 is 0.968 bits per heavy atom. The van der Waals surface area contributed by atoms with Gasteiger partial charge in [0.15, 0.2) is 0 Å². The van der Waals surface area contributed by atoms with Gasteiger partial charge in [-0.05, 0) is 42.8 Å². The van der Waals surface area contributed by atoms with Crippen LogP contribution in [0.2, 0.25) is 0 Å². The fourth-order valence-electron chi connectivity index (χ4n) is 2.46. The zero-order valence-electron chi connectivity index (χ0n) is 16.9. The predicted octanol–water partition coefficient (Wildman–Crippen LogP) is 2.29. The molecule has 0 spiro atoms. The molecule has 31 heavy (non-hydrogen) atoms. The third kappa shape index (κ3) is 5.82. The molecule has 0 aliphatic rings. The van der Waals surface area contributed by atoms with E-state index < -0.39 is 29.6 Å². The van der Waals surface area contributed by atoms with Gasteiger partial charge in [0.05, 0.1) is 20.3 Å². The van der Waals surface area contributed by atoms with Crippen LogP contribution in [0, 0.1) is 6.92 Å². The number of methoxy groups -OCH3 is 2. The number of hydrogen-bond donors (Lipinski definition) is 4. The van der Waals surface area contributed by atoms with Gasteiger partial charge >= 0.3 is 17.9 Å². The molecule has 162 valence electrons. The molecular formula is C21H20N2O8. The summed E-state index contributed by atoms with van der Waals surface area (Å²) in [6.45, 7) is 1.72. The van der Waals surface area contributed by atoms with Gasteiger partial charge in [-0.2, -0.15) is 0 Å². The molecule has 0 saturated carbocycles. The molecule has 4 N–H and O–H groups in total. The molecule has 0 heterocycles. The molecule has 0 unspecified atom stereocenters. The average molecular weight is 428 g/mol. The summed E-state index contributed by atoms with van der Waals surface area (Å²) in [5.74, 6) is -3.93. The van der Waals surface area contributed by atoms with Crippen molar-refractivity contribution in [3.8, 4) is 5.75 Å². The van der Waals surface area contributed by atoms with Gasteiger partial charge in [0, 0.05) is 16.9 Å². The number of aromatic hydroxyl groups is 1. The molecule has 0 fully saturated rings. The number of phenols is 1. The van der Waals surface area contributed by atoms with E-state index in [1.54, 1.807) is 13.0 Å². The fourth-order valence-corrected chi connectivity index (χ4v) is 2.46. The molecule has 0 bridgehead atoms. The van der Waals surface area contributed by atoms with E-state index in [0.717, 1.165) is 32.4 Å². The summed E-state index contributed by atoms with van der Waals surface area (Å²) in [7, 11) is 2.30. The van der Waals surface area contributed by atoms with Crippen molar-refractivity contribution in [2.75, 3.05) is 24.9 Å². The third-order valence-electron chi connectivity index (χ3n) is 4.12. The van der Waals surface area contributed by atoms with Crippen LogP contribution in [0.3, 0.4) is 0 Å². The maximum atomic E-state index is 12.6. The van der Waals surface area contributed by atoms with Crippen molar-refractivity contribution in [3.05, 3.63) is 64.9 Å². The Morgan fingerprint density at radius 2 is 1.68 bits per heavy atom. The third-order valence-corrected chi connectivity index (χ3v) is 4.12. The van der Waals surface area contributed by atoms with Gasteiger partial charge < -0.3 is 30.3 Å². The van der Waals surface area contributed by atoms with Crippen LogP contribution in [0.25, 0.3) is 0 Å². The topological polar surface area (TPSA) is 151 Å². The molecule has 0 aromatic heterocycles. The highest BCUT2D eigenvalue weighted by Crippen LogP contribution is 2.23. The quantitative estimate of drug-likeness (QED) is 0.296. The Morgan fingerprint density at radius 3 is 2.29 bits per heavy atom. The van der Waals surface area contributed by atoms with Crippen LogP contribution in [-0.4, -0.2) is 48.2 Å². The summed E-state index contributed by atoms with van der Waals surface area (Å²) < 4.78 is 9.16. The van der Waals surface area contributed by atoms with Crippen molar-refractivity contribution in [1.82, 2.24) is 0 Å². The summed E-state index contributed by atoms with van der Waals surface area (Å²) >= 11 is 0. The van der Waals surface area contributed by atoms with E-state index in [-0.39, 0.29) is 22.5 Å². The SMILES string of the molecule is COC(=O)/C=C(/Nc1cc(C(=O)Nc2ccc(O)c(C(=O)O)c2)ccc1C)C(=O)OC. The lowest BCUT2D eigenvalue weighted by atomic mass is 10.1. The highest BCUT2D eigenvalue weighted by molar-refractivity contribution is 6.06. The summed E-state index contributed by atoms with van der Waals surface area (Å²) in [6, 6.07) is 8.21. The number of nitrogens with one attached hydrogen (secondary N) is 2. The number of carboxylic acid groups (broad SMARTS) is 1. The minimum Gasteiger partial charge on any atom is -0.507 e.